The molecule has 1 atom stereocenters. The Hall–Kier alpha value is -2.50. The number of carbonyl (C=O) groups is 1. The first-order chi connectivity index (χ1) is 16.6. The Balaban J connectivity index is 1.22. The lowest BCUT2D eigenvalue weighted by atomic mass is 9.81. The minimum Gasteiger partial charge on any atom is -0.392 e. The lowest BCUT2D eigenvalue weighted by Gasteiger charge is -2.47. The van der Waals surface area contributed by atoms with Gasteiger partial charge in [0.2, 0.25) is 5.91 Å². The van der Waals surface area contributed by atoms with Crippen molar-refractivity contribution < 1.29 is 23.1 Å². The van der Waals surface area contributed by atoms with Gasteiger partial charge in [-0.15, -0.1) is 0 Å². The quantitative estimate of drug-likeness (QED) is 0.519. The number of carbonyl (C=O) groups excluding carboxylic acids is 1. The SMILES string of the molecule is CN(C)CC(O)[C@H]1CC[C@@H](N2CC(NC(=O)CNc3ncnc4ccc(C(F)(F)F)cc34)C2)CC1. The Morgan fingerprint density at radius 2 is 1.91 bits per heavy atom. The Morgan fingerprint density at radius 3 is 2.57 bits per heavy atom. The molecule has 0 spiro atoms. The molecule has 1 aliphatic heterocycles. The minimum atomic E-state index is -4.47. The summed E-state index contributed by atoms with van der Waals surface area (Å²) in [6, 6.07) is 3.81. The van der Waals surface area contributed by atoms with Crippen molar-refractivity contribution in [1.82, 2.24) is 25.1 Å². The smallest absolute Gasteiger partial charge is 0.392 e. The largest absolute Gasteiger partial charge is 0.416 e. The van der Waals surface area contributed by atoms with Gasteiger partial charge >= 0.3 is 6.18 Å². The highest BCUT2D eigenvalue weighted by molar-refractivity contribution is 5.91. The minimum absolute atomic E-state index is 0.0559. The molecule has 192 valence electrons. The summed E-state index contributed by atoms with van der Waals surface area (Å²) < 4.78 is 39.2. The molecule has 1 aromatic heterocycles. The predicted molar refractivity (Wildman–Crippen MR) is 127 cm³/mol. The molecule has 3 N–H and O–H groups in total. The van der Waals surface area contributed by atoms with Crippen LogP contribution in [0.25, 0.3) is 10.9 Å². The molecule has 0 bridgehead atoms. The van der Waals surface area contributed by atoms with Gasteiger partial charge in [-0.2, -0.15) is 13.2 Å². The Labute approximate surface area is 202 Å². The van der Waals surface area contributed by atoms with Crippen LogP contribution in [0.4, 0.5) is 19.0 Å². The molecule has 1 saturated carbocycles. The van der Waals surface area contributed by atoms with Crippen LogP contribution in [0, 0.1) is 5.92 Å². The van der Waals surface area contributed by atoms with Crippen LogP contribution in [-0.2, 0) is 11.0 Å². The average Bonchev–Trinajstić information content (AvgIpc) is 2.78. The fraction of sp³-hybridized carbons (Fsp3) is 0.625. The van der Waals surface area contributed by atoms with Crippen LogP contribution >= 0.6 is 0 Å². The molecular weight excluding hydrogens is 461 g/mol. The number of aromatic nitrogens is 2. The average molecular weight is 495 g/mol. The first-order valence-electron chi connectivity index (χ1n) is 12.0. The van der Waals surface area contributed by atoms with Gasteiger partial charge in [0, 0.05) is 31.1 Å². The van der Waals surface area contributed by atoms with Crippen LogP contribution < -0.4 is 10.6 Å². The van der Waals surface area contributed by atoms with E-state index < -0.39 is 11.7 Å². The summed E-state index contributed by atoms with van der Waals surface area (Å²) in [6.07, 6.45) is 0.637. The summed E-state index contributed by atoms with van der Waals surface area (Å²) in [5, 5.41) is 16.4. The molecule has 2 aromatic rings. The number of alkyl halides is 3. The van der Waals surface area contributed by atoms with E-state index in [-0.39, 0.29) is 35.8 Å². The van der Waals surface area contributed by atoms with Crippen LogP contribution in [0.1, 0.15) is 31.2 Å². The number of nitrogens with zero attached hydrogens (tertiary/aromatic N) is 4. The van der Waals surface area contributed by atoms with E-state index in [2.05, 4.69) is 25.5 Å². The Bertz CT molecular complexity index is 1020. The number of aliphatic hydroxyl groups excluding tert-OH is 1. The van der Waals surface area contributed by atoms with Crippen LogP contribution in [0.5, 0.6) is 0 Å². The van der Waals surface area contributed by atoms with Crippen molar-refractivity contribution in [3.05, 3.63) is 30.1 Å². The zero-order chi connectivity index (χ0) is 25.2. The van der Waals surface area contributed by atoms with Crippen molar-refractivity contribution in [2.24, 2.45) is 5.92 Å². The van der Waals surface area contributed by atoms with Gasteiger partial charge in [-0.3, -0.25) is 9.69 Å². The maximum absolute atomic E-state index is 13.1. The molecule has 4 rings (SSSR count). The molecule has 1 saturated heterocycles. The lowest BCUT2D eigenvalue weighted by molar-refractivity contribution is -0.137. The number of fused-ring (bicyclic) bond motifs is 1. The predicted octanol–water partition coefficient (Wildman–Crippen LogP) is 2.34. The van der Waals surface area contributed by atoms with Gasteiger partial charge in [-0.25, -0.2) is 9.97 Å². The number of likely N-dealkylation sites (tertiary alicyclic amines) is 1. The summed E-state index contributed by atoms with van der Waals surface area (Å²) >= 11 is 0. The van der Waals surface area contributed by atoms with Crippen LogP contribution in [-0.4, -0.2) is 89.2 Å². The number of anilines is 1. The maximum Gasteiger partial charge on any atom is 0.416 e. The fourth-order valence-corrected chi connectivity index (χ4v) is 5.09. The topological polar surface area (TPSA) is 93.6 Å². The van der Waals surface area contributed by atoms with E-state index in [1.54, 1.807) is 0 Å². The third-order valence-electron chi connectivity index (χ3n) is 7.01. The van der Waals surface area contributed by atoms with Gasteiger partial charge in [-0.05, 0) is 63.9 Å². The van der Waals surface area contributed by atoms with E-state index in [0.29, 0.717) is 24.0 Å². The summed E-state index contributed by atoms with van der Waals surface area (Å²) in [5.74, 6) is 0.310. The molecule has 2 fully saturated rings. The molecule has 1 aromatic carbocycles. The summed E-state index contributed by atoms with van der Waals surface area (Å²) in [4.78, 5) is 24.8. The molecule has 8 nitrogen and oxygen atoms in total. The van der Waals surface area contributed by atoms with E-state index in [1.807, 2.05) is 19.0 Å². The molecule has 1 aliphatic carbocycles. The number of halogens is 3. The molecule has 1 amide bonds. The lowest BCUT2D eigenvalue weighted by Crippen LogP contribution is -2.63. The number of likely N-dealkylation sites (N-methyl/N-ethyl adjacent to an activating group) is 1. The third kappa shape index (κ3) is 6.39. The summed E-state index contributed by atoms with van der Waals surface area (Å²) in [5.41, 5.74) is -0.419. The van der Waals surface area contributed by atoms with Crippen molar-refractivity contribution in [3.63, 3.8) is 0 Å². The molecular formula is C24H33F3N6O2. The highest BCUT2D eigenvalue weighted by Crippen LogP contribution is 2.33. The van der Waals surface area contributed by atoms with Crippen molar-refractivity contribution in [1.29, 1.82) is 0 Å². The highest BCUT2D eigenvalue weighted by atomic mass is 19.4. The third-order valence-corrected chi connectivity index (χ3v) is 7.01. The number of hydrogen-bond acceptors (Lipinski definition) is 7. The summed E-state index contributed by atoms with van der Waals surface area (Å²) in [7, 11) is 3.94. The van der Waals surface area contributed by atoms with Crippen molar-refractivity contribution in [3.8, 4) is 0 Å². The van der Waals surface area contributed by atoms with E-state index >= 15 is 0 Å². The van der Waals surface area contributed by atoms with Crippen molar-refractivity contribution in [2.45, 2.75) is 50.0 Å². The van der Waals surface area contributed by atoms with E-state index in [4.69, 9.17) is 0 Å². The van der Waals surface area contributed by atoms with Gasteiger partial charge in [0.1, 0.15) is 12.1 Å². The first-order valence-corrected chi connectivity index (χ1v) is 12.0. The van der Waals surface area contributed by atoms with Gasteiger partial charge < -0.3 is 20.6 Å². The summed E-state index contributed by atoms with van der Waals surface area (Å²) in [6.45, 7) is 2.17. The zero-order valence-electron chi connectivity index (χ0n) is 20.1. The molecule has 0 radical (unpaired) electrons. The number of rotatable bonds is 8. The van der Waals surface area contributed by atoms with Crippen LogP contribution in [0.3, 0.4) is 0 Å². The second kappa shape index (κ2) is 10.6. The van der Waals surface area contributed by atoms with E-state index in [1.165, 1.54) is 12.4 Å². The molecule has 35 heavy (non-hydrogen) atoms. The number of hydrogen-bond donors (Lipinski definition) is 3. The molecule has 2 aliphatic rings. The van der Waals surface area contributed by atoms with E-state index in [0.717, 1.165) is 50.9 Å². The molecule has 1 unspecified atom stereocenters. The Kier molecular flexibility index (Phi) is 7.77. The molecule has 2 heterocycles. The normalized spacial score (nSPS) is 22.7. The highest BCUT2D eigenvalue weighted by Gasteiger charge is 2.36. The van der Waals surface area contributed by atoms with Crippen molar-refractivity contribution >= 4 is 22.6 Å². The number of amides is 1. The van der Waals surface area contributed by atoms with Crippen LogP contribution in [0.15, 0.2) is 24.5 Å². The second-order valence-electron chi connectivity index (χ2n) is 9.92. The monoisotopic (exact) mass is 494 g/mol. The fourth-order valence-electron chi connectivity index (χ4n) is 5.09. The zero-order valence-corrected chi connectivity index (χ0v) is 20.1. The number of benzene rings is 1. The second-order valence-corrected chi connectivity index (χ2v) is 9.92. The van der Waals surface area contributed by atoms with Gasteiger partial charge in [0.15, 0.2) is 0 Å². The maximum atomic E-state index is 13.1. The van der Waals surface area contributed by atoms with Crippen molar-refractivity contribution in [2.75, 3.05) is 45.6 Å². The first kappa shape index (κ1) is 25.6. The number of aliphatic hydroxyl groups is 1. The van der Waals surface area contributed by atoms with Gasteiger partial charge in [-0.1, -0.05) is 0 Å². The van der Waals surface area contributed by atoms with E-state index in [9.17, 15) is 23.1 Å². The van der Waals surface area contributed by atoms with Gasteiger partial charge in [0.25, 0.3) is 0 Å². The molecule has 11 heteroatoms. The number of nitrogens with one attached hydrogen (secondary N) is 2. The standard InChI is InChI=1S/C24H33F3N6O2/c1-32(2)13-21(34)15-3-6-18(7-4-15)33-11-17(12-33)31-22(35)10-28-23-19-9-16(24(25,26)27)5-8-20(19)29-14-30-23/h5,8-9,14-15,17-18,21,34H,3-4,6-7,10-13H2,1-2H3,(H,31,35)(H,28,29,30)/t15-,18+,21?. The Morgan fingerprint density at radius 1 is 1.20 bits per heavy atom. The van der Waals surface area contributed by atoms with Gasteiger partial charge in [0.05, 0.1) is 29.8 Å². The van der Waals surface area contributed by atoms with Crippen LogP contribution in [0.2, 0.25) is 0 Å².